The maximum absolute atomic E-state index is 11.1. The quantitative estimate of drug-likeness (QED) is 0.485. The molecule has 0 amide bonds. The number of benzene rings is 1. The molecule has 0 bridgehead atoms. The Morgan fingerprint density at radius 2 is 2.00 bits per heavy atom. The van der Waals surface area contributed by atoms with Crippen LogP contribution in [-0.2, 0) is 0 Å². The smallest absolute Gasteiger partial charge is 0.312 e. The van der Waals surface area contributed by atoms with Crippen LogP contribution in [0.3, 0.4) is 0 Å². The van der Waals surface area contributed by atoms with Crippen molar-refractivity contribution in [3.8, 4) is 11.5 Å². The van der Waals surface area contributed by atoms with Crippen LogP contribution in [-0.4, -0.2) is 16.2 Å². The number of carbonyl (C=O) groups is 1. The highest BCUT2D eigenvalue weighted by molar-refractivity contribution is 5.74. The van der Waals surface area contributed by atoms with E-state index in [0.29, 0.717) is 17.4 Å². The molecule has 0 unspecified atom stereocenters. The van der Waals surface area contributed by atoms with Crippen LogP contribution in [0.15, 0.2) is 30.6 Å². The standard InChI is InChI=1S/C14H12N2O4/c1-9-3-10(2)14(13(4-9)16(18)19)20-12-5-11(8-17)6-15-7-12/h3-8H,1-2H3. The summed E-state index contributed by atoms with van der Waals surface area (Å²) in [4.78, 5) is 25.1. The third-order valence-electron chi connectivity index (χ3n) is 2.69. The van der Waals surface area contributed by atoms with E-state index in [1.165, 1.54) is 24.5 Å². The van der Waals surface area contributed by atoms with E-state index in [4.69, 9.17) is 4.74 Å². The Hall–Kier alpha value is -2.76. The fourth-order valence-electron chi connectivity index (χ4n) is 1.87. The van der Waals surface area contributed by atoms with Crippen molar-refractivity contribution in [1.82, 2.24) is 4.98 Å². The second kappa shape index (κ2) is 5.48. The molecule has 20 heavy (non-hydrogen) atoms. The van der Waals surface area contributed by atoms with Gasteiger partial charge < -0.3 is 4.74 Å². The summed E-state index contributed by atoms with van der Waals surface area (Å²) >= 11 is 0. The lowest BCUT2D eigenvalue weighted by atomic mass is 10.1. The number of aldehydes is 1. The average Bonchev–Trinajstić information content (AvgIpc) is 2.41. The van der Waals surface area contributed by atoms with Gasteiger partial charge >= 0.3 is 5.69 Å². The first kappa shape index (κ1) is 13.7. The molecule has 0 aliphatic heterocycles. The Bertz CT molecular complexity index is 683. The molecule has 0 fully saturated rings. The molecule has 0 N–H and O–H groups in total. The fourth-order valence-corrected chi connectivity index (χ4v) is 1.87. The van der Waals surface area contributed by atoms with Crippen molar-refractivity contribution in [2.75, 3.05) is 0 Å². The predicted molar refractivity (Wildman–Crippen MR) is 72.3 cm³/mol. The lowest BCUT2D eigenvalue weighted by Crippen LogP contribution is -1.97. The summed E-state index contributed by atoms with van der Waals surface area (Å²) in [6, 6.07) is 4.71. The van der Waals surface area contributed by atoms with Crippen molar-refractivity contribution in [1.29, 1.82) is 0 Å². The molecule has 2 aromatic rings. The minimum Gasteiger partial charge on any atom is -0.448 e. The molecule has 1 heterocycles. The summed E-state index contributed by atoms with van der Waals surface area (Å²) in [6.45, 7) is 3.50. The number of hydrogen-bond donors (Lipinski definition) is 0. The van der Waals surface area contributed by atoms with Crippen LogP contribution >= 0.6 is 0 Å². The van der Waals surface area contributed by atoms with Gasteiger partial charge in [0.15, 0.2) is 6.29 Å². The Morgan fingerprint density at radius 1 is 1.25 bits per heavy atom. The van der Waals surface area contributed by atoms with E-state index in [9.17, 15) is 14.9 Å². The van der Waals surface area contributed by atoms with Crippen LogP contribution in [0.5, 0.6) is 11.5 Å². The summed E-state index contributed by atoms with van der Waals surface area (Å²) in [7, 11) is 0. The molecule has 1 aromatic heterocycles. The molecule has 6 nitrogen and oxygen atoms in total. The molecular weight excluding hydrogens is 260 g/mol. The zero-order valence-corrected chi connectivity index (χ0v) is 11.0. The molecule has 2 rings (SSSR count). The van der Waals surface area contributed by atoms with Crippen molar-refractivity contribution in [2.24, 2.45) is 0 Å². The lowest BCUT2D eigenvalue weighted by Gasteiger charge is -2.10. The minimum absolute atomic E-state index is 0.112. The molecule has 0 aliphatic carbocycles. The first-order valence-electron chi connectivity index (χ1n) is 5.85. The Labute approximate surface area is 115 Å². The van der Waals surface area contributed by atoms with Gasteiger partial charge in [-0.05, 0) is 31.0 Å². The number of nitro groups is 1. The van der Waals surface area contributed by atoms with Gasteiger partial charge in [-0.2, -0.15) is 0 Å². The number of rotatable bonds is 4. The number of pyridine rings is 1. The van der Waals surface area contributed by atoms with E-state index in [2.05, 4.69) is 4.98 Å². The molecule has 0 spiro atoms. The zero-order chi connectivity index (χ0) is 14.7. The van der Waals surface area contributed by atoms with E-state index in [1.54, 1.807) is 19.9 Å². The maximum Gasteiger partial charge on any atom is 0.312 e. The van der Waals surface area contributed by atoms with E-state index >= 15 is 0 Å². The molecule has 0 aliphatic rings. The number of aryl methyl sites for hydroxylation is 2. The molecule has 102 valence electrons. The number of ether oxygens (including phenoxy) is 1. The topological polar surface area (TPSA) is 82.3 Å². The number of carbonyl (C=O) groups excluding carboxylic acids is 1. The van der Waals surface area contributed by atoms with E-state index in [-0.39, 0.29) is 17.2 Å². The molecular formula is C14H12N2O4. The number of hydrogen-bond acceptors (Lipinski definition) is 5. The lowest BCUT2D eigenvalue weighted by molar-refractivity contribution is -0.385. The third-order valence-corrected chi connectivity index (χ3v) is 2.69. The van der Waals surface area contributed by atoms with E-state index in [0.717, 1.165) is 5.56 Å². The highest BCUT2D eigenvalue weighted by Crippen LogP contribution is 2.35. The van der Waals surface area contributed by atoms with Crippen molar-refractivity contribution >= 4 is 12.0 Å². The van der Waals surface area contributed by atoms with Gasteiger partial charge in [0, 0.05) is 17.8 Å². The van der Waals surface area contributed by atoms with Crippen molar-refractivity contribution in [3.05, 3.63) is 57.4 Å². The van der Waals surface area contributed by atoms with Gasteiger partial charge in [-0.1, -0.05) is 6.07 Å². The summed E-state index contributed by atoms with van der Waals surface area (Å²) in [6.07, 6.45) is 3.42. The Morgan fingerprint density at radius 3 is 2.65 bits per heavy atom. The van der Waals surface area contributed by atoms with Crippen molar-refractivity contribution in [2.45, 2.75) is 13.8 Å². The van der Waals surface area contributed by atoms with Gasteiger partial charge in [-0.3, -0.25) is 19.9 Å². The van der Waals surface area contributed by atoms with Gasteiger partial charge in [-0.15, -0.1) is 0 Å². The molecule has 0 radical (unpaired) electrons. The highest BCUT2D eigenvalue weighted by atomic mass is 16.6. The Balaban J connectivity index is 2.47. The van der Waals surface area contributed by atoms with Gasteiger partial charge in [0.1, 0.15) is 5.75 Å². The molecule has 6 heteroatoms. The predicted octanol–water partition coefficient (Wildman–Crippen LogP) is 3.21. The molecule has 0 saturated carbocycles. The van der Waals surface area contributed by atoms with Gasteiger partial charge in [-0.25, -0.2) is 0 Å². The summed E-state index contributed by atoms with van der Waals surface area (Å²) in [5, 5.41) is 11.1. The first-order chi connectivity index (χ1) is 9.51. The first-order valence-corrected chi connectivity index (χ1v) is 5.85. The van der Waals surface area contributed by atoms with Crippen LogP contribution in [0.25, 0.3) is 0 Å². The number of nitrogens with zero attached hydrogens (tertiary/aromatic N) is 2. The van der Waals surface area contributed by atoms with Gasteiger partial charge in [0.2, 0.25) is 5.75 Å². The van der Waals surface area contributed by atoms with Crippen molar-refractivity contribution in [3.63, 3.8) is 0 Å². The van der Waals surface area contributed by atoms with Crippen LogP contribution in [0, 0.1) is 24.0 Å². The summed E-state index contributed by atoms with van der Waals surface area (Å²) < 4.78 is 5.54. The monoisotopic (exact) mass is 272 g/mol. The summed E-state index contributed by atoms with van der Waals surface area (Å²) in [5.74, 6) is 0.440. The van der Waals surface area contributed by atoms with Gasteiger partial charge in [0.25, 0.3) is 0 Å². The SMILES string of the molecule is Cc1cc(C)c(Oc2cncc(C=O)c2)c([N+](=O)[O-])c1. The minimum atomic E-state index is -0.494. The van der Waals surface area contributed by atoms with E-state index < -0.39 is 4.92 Å². The second-order valence-electron chi connectivity index (χ2n) is 4.36. The van der Waals surface area contributed by atoms with Crippen LogP contribution in [0.4, 0.5) is 5.69 Å². The van der Waals surface area contributed by atoms with Gasteiger partial charge in [0.05, 0.1) is 11.1 Å². The van der Waals surface area contributed by atoms with Crippen LogP contribution in [0.1, 0.15) is 21.5 Å². The Kier molecular flexibility index (Phi) is 3.74. The van der Waals surface area contributed by atoms with Crippen molar-refractivity contribution < 1.29 is 14.5 Å². The molecule has 0 atom stereocenters. The molecule has 0 saturated heterocycles. The highest BCUT2D eigenvalue weighted by Gasteiger charge is 2.19. The van der Waals surface area contributed by atoms with Crippen LogP contribution < -0.4 is 4.74 Å². The summed E-state index contributed by atoms with van der Waals surface area (Å²) in [5.41, 5.74) is 1.66. The third kappa shape index (κ3) is 2.80. The second-order valence-corrected chi connectivity index (χ2v) is 4.36. The zero-order valence-electron chi connectivity index (χ0n) is 11.0. The number of nitro benzene ring substituents is 1. The largest absolute Gasteiger partial charge is 0.448 e. The normalized spacial score (nSPS) is 10.1. The maximum atomic E-state index is 11.1. The molecule has 1 aromatic carbocycles. The van der Waals surface area contributed by atoms with E-state index in [1.807, 2.05) is 0 Å². The number of aromatic nitrogens is 1. The van der Waals surface area contributed by atoms with Crippen LogP contribution in [0.2, 0.25) is 0 Å². The average molecular weight is 272 g/mol. The fraction of sp³-hybridized carbons (Fsp3) is 0.143.